The SMILES string of the molecule is CSc1nccc(C(=O)NNc2ccc(CNc3ncc(F)cn3)cc2)n1. The number of nitrogens with zero attached hydrogens (tertiary/aromatic N) is 4. The van der Waals surface area contributed by atoms with Crippen LogP contribution in [0.3, 0.4) is 0 Å². The van der Waals surface area contributed by atoms with Crippen LogP contribution in [0.15, 0.2) is 54.1 Å². The maximum atomic E-state index is 12.8. The first-order valence-corrected chi connectivity index (χ1v) is 9.10. The lowest BCUT2D eigenvalue weighted by Gasteiger charge is -2.09. The van der Waals surface area contributed by atoms with Crippen LogP contribution in [0, 0.1) is 5.82 Å². The Balaban J connectivity index is 1.51. The Morgan fingerprint density at radius 2 is 1.85 bits per heavy atom. The third kappa shape index (κ3) is 5.35. The molecule has 3 N–H and O–H groups in total. The Labute approximate surface area is 159 Å². The van der Waals surface area contributed by atoms with E-state index in [0.29, 0.717) is 23.3 Å². The highest BCUT2D eigenvalue weighted by molar-refractivity contribution is 7.98. The van der Waals surface area contributed by atoms with Gasteiger partial charge in [0.2, 0.25) is 5.95 Å². The molecule has 1 aromatic carbocycles. The molecule has 0 bridgehead atoms. The van der Waals surface area contributed by atoms with E-state index in [1.807, 2.05) is 30.5 Å². The van der Waals surface area contributed by atoms with E-state index in [2.05, 4.69) is 36.1 Å². The molecule has 0 unspecified atom stereocenters. The molecule has 0 spiro atoms. The number of nitrogens with one attached hydrogen (secondary N) is 3. The monoisotopic (exact) mass is 385 g/mol. The van der Waals surface area contributed by atoms with E-state index in [4.69, 9.17) is 0 Å². The summed E-state index contributed by atoms with van der Waals surface area (Å²) in [5.74, 6) is -0.489. The van der Waals surface area contributed by atoms with Crippen LogP contribution in [0.25, 0.3) is 0 Å². The summed E-state index contributed by atoms with van der Waals surface area (Å²) in [6.45, 7) is 0.483. The molecule has 10 heteroatoms. The zero-order valence-electron chi connectivity index (χ0n) is 14.3. The van der Waals surface area contributed by atoms with Gasteiger partial charge in [-0.2, -0.15) is 0 Å². The molecule has 2 aromatic heterocycles. The lowest BCUT2D eigenvalue weighted by Crippen LogP contribution is -2.30. The van der Waals surface area contributed by atoms with Gasteiger partial charge in [-0.3, -0.25) is 15.6 Å². The van der Waals surface area contributed by atoms with Crippen LogP contribution in [0.4, 0.5) is 16.0 Å². The topological polar surface area (TPSA) is 105 Å². The molecule has 1 amide bonds. The molecule has 0 aliphatic rings. The minimum atomic E-state index is -0.482. The van der Waals surface area contributed by atoms with Crippen molar-refractivity contribution in [3.63, 3.8) is 0 Å². The van der Waals surface area contributed by atoms with Gasteiger partial charge in [0, 0.05) is 12.7 Å². The molecule has 0 saturated heterocycles. The Hall–Kier alpha value is -3.27. The van der Waals surface area contributed by atoms with Crippen molar-refractivity contribution >= 4 is 29.3 Å². The summed E-state index contributed by atoms with van der Waals surface area (Å²) < 4.78 is 12.8. The number of anilines is 2. The third-order valence-corrected chi connectivity index (χ3v) is 3.96. The summed E-state index contributed by atoms with van der Waals surface area (Å²) in [6, 6.07) is 8.93. The predicted molar refractivity (Wildman–Crippen MR) is 101 cm³/mol. The van der Waals surface area contributed by atoms with E-state index in [9.17, 15) is 9.18 Å². The number of thioether (sulfide) groups is 1. The molecule has 0 atom stereocenters. The van der Waals surface area contributed by atoms with E-state index in [1.54, 1.807) is 12.3 Å². The number of aromatic nitrogens is 4. The summed E-state index contributed by atoms with van der Waals surface area (Å²) in [7, 11) is 0. The molecule has 2 heterocycles. The van der Waals surface area contributed by atoms with Gasteiger partial charge >= 0.3 is 0 Å². The van der Waals surface area contributed by atoms with Crippen LogP contribution in [-0.4, -0.2) is 32.1 Å². The molecular weight excluding hydrogens is 369 g/mol. The Kier molecular flexibility index (Phi) is 6.10. The zero-order chi connectivity index (χ0) is 19.1. The highest BCUT2D eigenvalue weighted by Gasteiger charge is 2.08. The normalized spacial score (nSPS) is 10.3. The molecular formula is C17H16FN7OS. The summed E-state index contributed by atoms with van der Waals surface area (Å²) in [5, 5.41) is 3.53. The lowest BCUT2D eigenvalue weighted by atomic mass is 10.2. The number of carbonyl (C=O) groups excluding carboxylic acids is 1. The van der Waals surface area contributed by atoms with Crippen molar-refractivity contribution in [2.75, 3.05) is 17.0 Å². The first-order chi connectivity index (χ1) is 13.1. The molecule has 0 fully saturated rings. The van der Waals surface area contributed by atoms with Crippen molar-refractivity contribution < 1.29 is 9.18 Å². The van der Waals surface area contributed by atoms with Crippen molar-refractivity contribution in [2.45, 2.75) is 11.7 Å². The van der Waals surface area contributed by atoms with Gasteiger partial charge < -0.3 is 5.32 Å². The number of hydrazine groups is 1. The van der Waals surface area contributed by atoms with E-state index in [0.717, 1.165) is 18.0 Å². The standard InChI is InChI=1S/C17H16FN7OS/c1-27-17-19-7-6-14(23-17)15(26)25-24-13-4-2-11(3-5-13)8-20-16-21-9-12(18)10-22-16/h2-7,9-10,24H,8H2,1H3,(H,25,26)(H,20,21,22). The number of benzene rings is 1. The molecule has 27 heavy (non-hydrogen) atoms. The Morgan fingerprint density at radius 1 is 1.11 bits per heavy atom. The molecule has 3 aromatic rings. The Morgan fingerprint density at radius 3 is 2.56 bits per heavy atom. The highest BCUT2D eigenvalue weighted by Crippen LogP contribution is 2.11. The summed E-state index contributed by atoms with van der Waals surface area (Å²) in [4.78, 5) is 27.9. The van der Waals surface area contributed by atoms with Crippen molar-refractivity contribution in [3.05, 3.63) is 66.0 Å². The number of carbonyl (C=O) groups is 1. The molecule has 0 aliphatic carbocycles. The average Bonchev–Trinajstić information content (AvgIpc) is 2.72. The fourth-order valence-corrected chi connectivity index (χ4v) is 2.41. The van der Waals surface area contributed by atoms with Crippen LogP contribution in [-0.2, 0) is 6.54 Å². The van der Waals surface area contributed by atoms with Crippen molar-refractivity contribution in [2.24, 2.45) is 0 Å². The molecule has 3 rings (SSSR count). The van der Waals surface area contributed by atoms with Gasteiger partial charge in [-0.25, -0.2) is 24.3 Å². The zero-order valence-corrected chi connectivity index (χ0v) is 15.1. The molecule has 0 aliphatic heterocycles. The van der Waals surface area contributed by atoms with Gasteiger partial charge in [-0.05, 0) is 30.0 Å². The quantitative estimate of drug-likeness (QED) is 0.324. The van der Waals surface area contributed by atoms with Crippen LogP contribution >= 0.6 is 11.8 Å². The summed E-state index contributed by atoms with van der Waals surface area (Å²) in [5.41, 5.74) is 7.39. The summed E-state index contributed by atoms with van der Waals surface area (Å²) >= 11 is 1.36. The molecule has 0 saturated carbocycles. The van der Waals surface area contributed by atoms with Crippen molar-refractivity contribution in [1.29, 1.82) is 0 Å². The second-order valence-electron chi connectivity index (χ2n) is 5.28. The predicted octanol–water partition coefficient (Wildman–Crippen LogP) is 2.50. The first kappa shape index (κ1) is 18.5. The molecule has 8 nitrogen and oxygen atoms in total. The van der Waals surface area contributed by atoms with E-state index in [1.165, 1.54) is 11.8 Å². The van der Waals surface area contributed by atoms with E-state index in [-0.39, 0.29) is 11.6 Å². The van der Waals surface area contributed by atoms with Gasteiger partial charge in [0.05, 0.1) is 18.1 Å². The number of amides is 1. The van der Waals surface area contributed by atoms with Crippen LogP contribution in [0.5, 0.6) is 0 Å². The largest absolute Gasteiger partial charge is 0.350 e. The minimum absolute atomic E-state index is 0.280. The van der Waals surface area contributed by atoms with Crippen LogP contribution in [0.1, 0.15) is 16.1 Å². The Bertz CT molecular complexity index is 906. The van der Waals surface area contributed by atoms with Crippen molar-refractivity contribution in [1.82, 2.24) is 25.4 Å². The molecule has 138 valence electrons. The number of rotatable bonds is 7. The highest BCUT2D eigenvalue weighted by atomic mass is 32.2. The lowest BCUT2D eigenvalue weighted by molar-refractivity contribution is 0.0957. The average molecular weight is 385 g/mol. The third-order valence-electron chi connectivity index (χ3n) is 3.39. The smallest absolute Gasteiger partial charge is 0.288 e. The van der Waals surface area contributed by atoms with Crippen LogP contribution in [0.2, 0.25) is 0 Å². The van der Waals surface area contributed by atoms with Crippen LogP contribution < -0.4 is 16.2 Å². The van der Waals surface area contributed by atoms with Gasteiger partial charge in [0.15, 0.2) is 11.0 Å². The maximum absolute atomic E-state index is 12.8. The fraction of sp³-hybridized carbons (Fsp3) is 0.118. The van der Waals surface area contributed by atoms with Gasteiger partial charge in [0.1, 0.15) is 5.69 Å². The number of halogens is 1. The second-order valence-corrected chi connectivity index (χ2v) is 6.06. The molecule has 0 radical (unpaired) electrons. The second kappa shape index (κ2) is 8.90. The van der Waals surface area contributed by atoms with Gasteiger partial charge in [-0.15, -0.1) is 0 Å². The van der Waals surface area contributed by atoms with E-state index >= 15 is 0 Å². The van der Waals surface area contributed by atoms with E-state index < -0.39 is 5.82 Å². The minimum Gasteiger partial charge on any atom is -0.350 e. The van der Waals surface area contributed by atoms with Gasteiger partial charge in [0.25, 0.3) is 5.91 Å². The van der Waals surface area contributed by atoms with Crippen molar-refractivity contribution in [3.8, 4) is 0 Å². The fourth-order valence-electron chi connectivity index (χ4n) is 2.05. The van der Waals surface area contributed by atoms with Gasteiger partial charge in [-0.1, -0.05) is 23.9 Å². The number of hydrogen-bond donors (Lipinski definition) is 3. The first-order valence-electron chi connectivity index (χ1n) is 7.88. The summed E-state index contributed by atoms with van der Waals surface area (Å²) in [6.07, 6.45) is 5.59. The number of hydrogen-bond acceptors (Lipinski definition) is 8. The maximum Gasteiger partial charge on any atom is 0.288 e.